The molecule has 0 saturated carbocycles. The highest BCUT2D eigenvalue weighted by molar-refractivity contribution is 14.1. The highest BCUT2D eigenvalue weighted by atomic mass is 127. The number of rotatable bonds is 1. The molecule has 0 aliphatic heterocycles. The lowest BCUT2D eigenvalue weighted by Gasteiger charge is -2.05. The third kappa shape index (κ3) is 1.95. The van der Waals surface area contributed by atoms with Gasteiger partial charge in [-0.1, -0.05) is 11.6 Å². The van der Waals surface area contributed by atoms with Crippen LogP contribution in [0.1, 0.15) is 12.1 Å². The second-order valence-corrected chi connectivity index (χ2v) is 3.58. The molecule has 66 valence electrons. The number of pyridine rings is 1. The molecule has 2 N–H and O–H groups in total. The fourth-order valence-corrected chi connectivity index (χ4v) is 1.63. The molecule has 0 saturated heterocycles. The van der Waals surface area contributed by atoms with Gasteiger partial charge in [0.2, 0.25) is 0 Å². The number of nitrogen functional groups attached to an aromatic ring is 1. The Morgan fingerprint density at radius 3 is 2.67 bits per heavy atom. The molecule has 0 aromatic carbocycles. The van der Waals surface area contributed by atoms with Gasteiger partial charge in [-0.2, -0.15) is 0 Å². The van der Waals surface area contributed by atoms with E-state index in [9.17, 15) is 8.78 Å². The van der Waals surface area contributed by atoms with E-state index in [1.807, 2.05) is 22.6 Å². The molecule has 2 nitrogen and oxygen atoms in total. The number of hydrogen-bond donors (Lipinski definition) is 1. The molecule has 0 atom stereocenters. The molecule has 1 heterocycles. The van der Waals surface area contributed by atoms with Crippen LogP contribution in [0.5, 0.6) is 0 Å². The maximum Gasteiger partial charge on any atom is 0.282 e. The molecule has 12 heavy (non-hydrogen) atoms. The molecular weight excluding hydrogens is 300 g/mol. The van der Waals surface area contributed by atoms with Gasteiger partial charge in [0.15, 0.2) is 0 Å². The number of halogens is 4. The Hall–Kier alpha value is -0.170. The van der Waals surface area contributed by atoms with Gasteiger partial charge in [0.1, 0.15) is 10.8 Å². The Labute approximate surface area is 86.3 Å². The van der Waals surface area contributed by atoms with E-state index in [4.69, 9.17) is 17.3 Å². The zero-order valence-corrected chi connectivity index (χ0v) is 8.60. The minimum Gasteiger partial charge on any atom is -0.396 e. The fraction of sp³-hybridized carbons (Fsp3) is 0.167. The van der Waals surface area contributed by atoms with Crippen LogP contribution in [0.3, 0.4) is 0 Å². The molecular formula is C6H4ClF2IN2. The number of hydrogen-bond acceptors (Lipinski definition) is 2. The van der Waals surface area contributed by atoms with Gasteiger partial charge in [0.05, 0.1) is 5.69 Å². The molecule has 0 fully saturated rings. The van der Waals surface area contributed by atoms with Crippen LogP contribution in [0.25, 0.3) is 0 Å². The predicted octanol–water partition coefficient (Wildman–Crippen LogP) is 2.86. The summed E-state index contributed by atoms with van der Waals surface area (Å²) < 4.78 is 24.9. The first kappa shape index (κ1) is 9.91. The molecule has 0 radical (unpaired) electrons. The average molecular weight is 304 g/mol. The second-order valence-electron chi connectivity index (χ2n) is 2.03. The lowest BCUT2D eigenvalue weighted by molar-refractivity contribution is 0.147. The molecule has 1 aromatic rings. The van der Waals surface area contributed by atoms with E-state index in [1.54, 1.807) is 0 Å². The van der Waals surface area contributed by atoms with Crippen LogP contribution in [-0.4, -0.2) is 4.98 Å². The zero-order chi connectivity index (χ0) is 9.30. The lowest BCUT2D eigenvalue weighted by atomic mass is 10.3. The summed E-state index contributed by atoms with van der Waals surface area (Å²) in [7, 11) is 0. The van der Waals surface area contributed by atoms with Crippen LogP contribution >= 0.6 is 34.2 Å². The van der Waals surface area contributed by atoms with E-state index in [0.29, 0.717) is 3.57 Å². The average Bonchev–Trinajstić information content (AvgIpc) is 1.96. The molecule has 0 bridgehead atoms. The predicted molar refractivity (Wildman–Crippen MR) is 51.3 cm³/mol. The number of alkyl halides is 2. The van der Waals surface area contributed by atoms with Crippen molar-refractivity contribution in [3.63, 3.8) is 0 Å². The Kier molecular flexibility index (Phi) is 3.05. The summed E-state index contributed by atoms with van der Waals surface area (Å²) in [6, 6.07) is 1.43. The Balaban J connectivity index is 3.28. The van der Waals surface area contributed by atoms with Crippen molar-refractivity contribution < 1.29 is 8.78 Å². The SMILES string of the molecule is Nc1c(I)cc(Cl)nc1C(F)F. The largest absolute Gasteiger partial charge is 0.396 e. The standard InChI is InChI=1S/C6H4ClF2IN2/c7-3-1-2(10)4(11)5(12-3)6(8)9/h1,6H,11H2. The molecule has 0 aliphatic rings. The number of nitrogens with zero attached hydrogens (tertiary/aromatic N) is 1. The van der Waals surface area contributed by atoms with Crippen LogP contribution in [0.4, 0.5) is 14.5 Å². The first-order valence-corrected chi connectivity index (χ1v) is 4.37. The lowest BCUT2D eigenvalue weighted by Crippen LogP contribution is -2.01. The zero-order valence-electron chi connectivity index (χ0n) is 5.69. The second kappa shape index (κ2) is 3.69. The number of nitrogens with two attached hydrogens (primary N) is 1. The summed E-state index contributed by atoms with van der Waals surface area (Å²) in [5, 5.41) is 0.0314. The molecule has 1 aromatic heterocycles. The Morgan fingerprint density at radius 2 is 2.17 bits per heavy atom. The van der Waals surface area contributed by atoms with Crippen LogP contribution in [-0.2, 0) is 0 Å². The minimum absolute atomic E-state index is 0.00463. The van der Waals surface area contributed by atoms with Gasteiger partial charge in [0, 0.05) is 3.57 Å². The van der Waals surface area contributed by atoms with Gasteiger partial charge in [-0.3, -0.25) is 0 Å². The highest BCUT2D eigenvalue weighted by Gasteiger charge is 2.16. The molecule has 0 unspecified atom stereocenters. The van der Waals surface area contributed by atoms with E-state index in [1.165, 1.54) is 6.07 Å². The van der Waals surface area contributed by atoms with Crippen LogP contribution in [0.2, 0.25) is 5.15 Å². The van der Waals surface area contributed by atoms with E-state index in [-0.39, 0.29) is 10.8 Å². The van der Waals surface area contributed by atoms with Gasteiger partial charge in [-0.25, -0.2) is 13.8 Å². The van der Waals surface area contributed by atoms with Crippen LogP contribution in [0, 0.1) is 3.57 Å². The number of aromatic nitrogens is 1. The van der Waals surface area contributed by atoms with Gasteiger partial charge in [-0.05, 0) is 28.7 Å². The monoisotopic (exact) mass is 304 g/mol. The van der Waals surface area contributed by atoms with Crippen molar-refractivity contribution in [3.8, 4) is 0 Å². The summed E-state index contributed by atoms with van der Waals surface area (Å²) >= 11 is 7.29. The quantitative estimate of drug-likeness (QED) is 0.640. The molecule has 1 rings (SSSR count). The first-order chi connectivity index (χ1) is 5.52. The third-order valence-corrected chi connectivity index (χ3v) is 2.30. The van der Waals surface area contributed by atoms with Gasteiger partial charge < -0.3 is 5.73 Å². The summed E-state index contributed by atoms with van der Waals surface area (Å²) in [5.41, 5.74) is 4.89. The number of anilines is 1. The van der Waals surface area contributed by atoms with Crippen molar-refractivity contribution in [2.45, 2.75) is 6.43 Å². The molecule has 6 heteroatoms. The summed E-state index contributed by atoms with van der Waals surface area (Å²) in [6.45, 7) is 0. The molecule has 0 amide bonds. The molecule has 0 spiro atoms. The normalized spacial score (nSPS) is 10.8. The van der Waals surface area contributed by atoms with Crippen molar-refractivity contribution in [3.05, 3.63) is 20.5 Å². The van der Waals surface area contributed by atoms with E-state index >= 15 is 0 Å². The van der Waals surface area contributed by atoms with Crippen molar-refractivity contribution in [1.29, 1.82) is 0 Å². The van der Waals surface area contributed by atoms with E-state index < -0.39 is 12.1 Å². The van der Waals surface area contributed by atoms with Crippen molar-refractivity contribution in [2.75, 3.05) is 5.73 Å². The minimum atomic E-state index is -2.68. The molecule has 0 aliphatic carbocycles. The van der Waals surface area contributed by atoms with E-state index in [0.717, 1.165) is 0 Å². The Bertz CT molecular complexity index is 306. The Morgan fingerprint density at radius 1 is 1.58 bits per heavy atom. The van der Waals surface area contributed by atoms with Crippen LogP contribution in [0.15, 0.2) is 6.07 Å². The third-order valence-electron chi connectivity index (χ3n) is 1.21. The summed E-state index contributed by atoms with van der Waals surface area (Å²) in [4.78, 5) is 3.42. The maximum atomic E-state index is 12.2. The topological polar surface area (TPSA) is 38.9 Å². The van der Waals surface area contributed by atoms with Gasteiger partial charge in [-0.15, -0.1) is 0 Å². The first-order valence-electron chi connectivity index (χ1n) is 2.92. The highest BCUT2D eigenvalue weighted by Crippen LogP contribution is 2.28. The fourth-order valence-electron chi connectivity index (χ4n) is 0.679. The van der Waals surface area contributed by atoms with E-state index in [2.05, 4.69) is 4.98 Å². The van der Waals surface area contributed by atoms with Gasteiger partial charge >= 0.3 is 0 Å². The summed E-state index contributed by atoms with van der Waals surface area (Å²) in [6.07, 6.45) is -2.68. The summed E-state index contributed by atoms with van der Waals surface area (Å²) in [5.74, 6) is 0. The van der Waals surface area contributed by atoms with Crippen LogP contribution < -0.4 is 5.73 Å². The maximum absolute atomic E-state index is 12.2. The van der Waals surface area contributed by atoms with Crippen molar-refractivity contribution >= 4 is 39.9 Å². The van der Waals surface area contributed by atoms with Crippen molar-refractivity contribution in [1.82, 2.24) is 4.98 Å². The smallest absolute Gasteiger partial charge is 0.282 e. The van der Waals surface area contributed by atoms with Gasteiger partial charge in [0.25, 0.3) is 6.43 Å². The van der Waals surface area contributed by atoms with Crippen molar-refractivity contribution in [2.24, 2.45) is 0 Å².